The molecule has 1 saturated heterocycles. The molecule has 1 aliphatic rings. The molecule has 1 aromatic heterocycles. The van der Waals surface area contributed by atoms with Crippen LogP contribution in [0.15, 0.2) is 18.3 Å². The van der Waals surface area contributed by atoms with Gasteiger partial charge in [0.2, 0.25) is 0 Å². The molecule has 25 heavy (non-hydrogen) atoms. The van der Waals surface area contributed by atoms with Gasteiger partial charge in [-0.15, -0.1) is 6.42 Å². The van der Waals surface area contributed by atoms with Gasteiger partial charge in [-0.3, -0.25) is 9.88 Å². The first kappa shape index (κ1) is 17.6. The van der Waals surface area contributed by atoms with E-state index in [1.165, 1.54) is 6.20 Å². The number of rotatable bonds is 6. The van der Waals surface area contributed by atoms with Crippen LogP contribution in [-0.2, 0) is 4.74 Å². The molecule has 0 bridgehead atoms. The number of halogens is 1. The van der Waals surface area contributed by atoms with Crippen LogP contribution in [-0.4, -0.2) is 55.9 Å². The van der Waals surface area contributed by atoms with Gasteiger partial charge in [0.25, 0.3) is 0 Å². The molecule has 0 amide bonds. The van der Waals surface area contributed by atoms with Crippen LogP contribution in [0.25, 0.3) is 10.9 Å². The largest absolute Gasteiger partial charge is 0.488 e. The summed E-state index contributed by atoms with van der Waals surface area (Å²) in [7, 11) is 0. The number of terminal acetylenes is 1. The summed E-state index contributed by atoms with van der Waals surface area (Å²) in [6.45, 7) is 4.83. The fourth-order valence-electron chi connectivity index (χ4n) is 2.64. The van der Waals surface area contributed by atoms with Crippen LogP contribution in [0, 0.1) is 12.3 Å². The van der Waals surface area contributed by atoms with E-state index in [0.29, 0.717) is 39.7 Å². The maximum Gasteiger partial charge on any atom is 0.163 e. The first-order valence-corrected chi connectivity index (χ1v) is 8.43. The van der Waals surface area contributed by atoms with Gasteiger partial charge in [0.05, 0.1) is 35.6 Å². The summed E-state index contributed by atoms with van der Waals surface area (Å²) in [4.78, 5) is 6.60. The van der Waals surface area contributed by atoms with Gasteiger partial charge in [0.1, 0.15) is 13.2 Å². The van der Waals surface area contributed by atoms with Crippen molar-refractivity contribution in [3.8, 4) is 23.8 Å². The van der Waals surface area contributed by atoms with Crippen molar-refractivity contribution < 1.29 is 14.2 Å². The van der Waals surface area contributed by atoms with Crippen LogP contribution in [0.1, 0.15) is 0 Å². The second kappa shape index (κ2) is 8.26. The Balaban J connectivity index is 1.79. The summed E-state index contributed by atoms with van der Waals surface area (Å²) in [5.74, 6) is 3.57. The SMILES string of the molecule is C#CCOc1cc2c(Cl)c(N)cnc2cc1OCCN1CCOCC1. The van der Waals surface area contributed by atoms with E-state index in [-0.39, 0.29) is 6.61 Å². The lowest BCUT2D eigenvalue weighted by atomic mass is 10.2. The van der Waals surface area contributed by atoms with E-state index in [1.807, 2.05) is 0 Å². The van der Waals surface area contributed by atoms with Gasteiger partial charge in [-0.2, -0.15) is 0 Å². The zero-order chi connectivity index (χ0) is 17.6. The minimum atomic E-state index is 0.138. The molecule has 3 rings (SSSR count). The molecule has 1 aliphatic heterocycles. The molecule has 2 aromatic rings. The van der Waals surface area contributed by atoms with Crippen LogP contribution in [0.5, 0.6) is 11.5 Å². The van der Waals surface area contributed by atoms with Gasteiger partial charge in [-0.1, -0.05) is 17.5 Å². The molecular formula is C18H20ClN3O3. The molecule has 0 atom stereocenters. The van der Waals surface area contributed by atoms with Crippen molar-refractivity contribution in [2.45, 2.75) is 0 Å². The van der Waals surface area contributed by atoms with Crippen LogP contribution in [0.2, 0.25) is 5.02 Å². The number of anilines is 1. The number of aromatic nitrogens is 1. The number of pyridine rings is 1. The highest BCUT2D eigenvalue weighted by Gasteiger charge is 2.14. The summed E-state index contributed by atoms with van der Waals surface area (Å²) in [6.07, 6.45) is 6.83. The van der Waals surface area contributed by atoms with E-state index >= 15 is 0 Å². The Morgan fingerprint density at radius 3 is 2.80 bits per heavy atom. The fourth-order valence-corrected chi connectivity index (χ4v) is 2.84. The first-order chi connectivity index (χ1) is 12.2. The minimum absolute atomic E-state index is 0.138. The number of morpholine rings is 1. The molecule has 0 radical (unpaired) electrons. The van der Waals surface area contributed by atoms with E-state index in [0.717, 1.165) is 32.8 Å². The normalized spacial score (nSPS) is 15.0. The van der Waals surface area contributed by atoms with Crippen LogP contribution < -0.4 is 15.2 Å². The lowest BCUT2D eigenvalue weighted by Gasteiger charge is -2.26. The predicted octanol–water partition coefficient (Wildman–Crippen LogP) is 2.19. The molecule has 0 unspecified atom stereocenters. The second-order valence-corrected chi connectivity index (χ2v) is 6.02. The smallest absolute Gasteiger partial charge is 0.163 e. The standard InChI is InChI=1S/C18H20ClN3O3/c1-2-6-24-16-10-13-15(21-12-14(20)18(13)19)11-17(16)25-9-5-22-3-7-23-8-4-22/h1,10-12H,3-9,20H2. The third-order valence-corrected chi connectivity index (χ3v) is 4.40. The molecule has 1 fully saturated rings. The molecule has 2 heterocycles. The summed E-state index contributed by atoms with van der Waals surface area (Å²) in [5, 5.41) is 1.14. The molecule has 2 N–H and O–H groups in total. The molecule has 1 aromatic carbocycles. The molecule has 132 valence electrons. The predicted molar refractivity (Wildman–Crippen MR) is 98.2 cm³/mol. The first-order valence-electron chi connectivity index (χ1n) is 8.06. The Morgan fingerprint density at radius 1 is 1.28 bits per heavy atom. The third kappa shape index (κ3) is 4.26. The molecule has 0 aliphatic carbocycles. The summed E-state index contributed by atoms with van der Waals surface area (Å²) >= 11 is 6.27. The van der Waals surface area contributed by atoms with Crippen LogP contribution >= 0.6 is 11.6 Å². The summed E-state index contributed by atoms with van der Waals surface area (Å²) in [6, 6.07) is 3.56. The van der Waals surface area contributed by atoms with E-state index in [1.54, 1.807) is 12.1 Å². The number of hydrogen-bond donors (Lipinski definition) is 1. The zero-order valence-corrected chi connectivity index (χ0v) is 14.6. The fraction of sp³-hybridized carbons (Fsp3) is 0.389. The van der Waals surface area contributed by atoms with Crippen molar-refractivity contribution in [2.75, 3.05) is 51.8 Å². The monoisotopic (exact) mass is 361 g/mol. The highest BCUT2D eigenvalue weighted by molar-refractivity contribution is 6.37. The highest BCUT2D eigenvalue weighted by atomic mass is 35.5. The quantitative estimate of drug-likeness (QED) is 0.795. The third-order valence-electron chi connectivity index (χ3n) is 3.97. The molecule has 7 heteroatoms. The number of ether oxygens (including phenoxy) is 3. The topological polar surface area (TPSA) is 69.8 Å². The number of fused-ring (bicyclic) bond motifs is 1. The lowest BCUT2D eigenvalue weighted by molar-refractivity contribution is 0.0321. The minimum Gasteiger partial charge on any atom is -0.488 e. The second-order valence-electron chi connectivity index (χ2n) is 5.64. The van der Waals surface area contributed by atoms with Gasteiger partial charge in [0, 0.05) is 31.1 Å². The Kier molecular flexibility index (Phi) is 5.82. The summed E-state index contributed by atoms with van der Waals surface area (Å²) < 4.78 is 16.9. The van der Waals surface area contributed by atoms with Gasteiger partial charge in [-0.05, 0) is 6.07 Å². The van der Waals surface area contributed by atoms with Crippen LogP contribution in [0.4, 0.5) is 5.69 Å². The van der Waals surface area contributed by atoms with Gasteiger partial charge >= 0.3 is 0 Å². The Labute approximate surface area is 151 Å². The number of hydrogen-bond acceptors (Lipinski definition) is 6. The van der Waals surface area contributed by atoms with Crippen molar-refractivity contribution in [1.82, 2.24) is 9.88 Å². The number of nitrogens with two attached hydrogens (primary N) is 1. The lowest BCUT2D eigenvalue weighted by Crippen LogP contribution is -2.38. The number of benzene rings is 1. The van der Waals surface area contributed by atoms with E-state index < -0.39 is 0 Å². The van der Waals surface area contributed by atoms with Crippen molar-refractivity contribution in [2.24, 2.45) is 0 Å². The maximum absolute atomic E-state index is 6.27. The number of nitrogens with zero attached hydrogens (tertiary/aromatic N) is 2. The van der Waals surface area contributed by atoms with E-state index in [4.69, 9.17) is 38.0 Å². The molecular weight excluding hydrogens is 342 g/mol. The van der Waals surface area contributed by atoms with Crippen molar-refractivity contribution >= 4 is 28.2 Å². The van der Waals surface area contributed by atoms with Gasteiger partial charge in [-0.25, -0.2) is 0 Å². The Morgan fingerprint density at radius 2 is 2.04 bits per heavy atom. The van der Waals surface area contributed by atoms with Crippen molar-refractivity contribution in [1.29, 1.82) is 0 Å². The summed E-state index contributed by atoms with van der Waals surface area (Å²) in [5.41, 5.74) is 6.93. The van der Waals surface area contributed by atoms with Crippen molar-refractivity contribution in [3.05, 3.63) is 23.4 Å². The average molecular weight is 362 g/mol. The van der Waals surface area contributed by atoms with E-state index in [2.05, 4.69) is 15.8 Å². The highest BCUT2D eigenvalue weighted by Crippen LogP contribution is 2.36. The Bertz CT molecular complexity index is 785. The Hall–Kier alpha value is -2.20. The maximum atomic E-state index is 6.27. The van der Waals surface area contributed by atoms with E-state index in [9.17, 15) is 0 Å². The van der Waals surface area contributed by atoms with Gasteiger partial charge in [0.15, 0.2) is 11.5 Å². The zero-order valence-electron chi connectivity index (χ0n) is 13.8. The average Bonchev–Trinajstić information content (AvgIpc) is 2.64. The van der Waals surface area contributed by atoms with Crippen molar-refractivity contribution in [3.63, 3.8) is 0 Å². The van der Waals surface area contributed by atoms with Crippen LogP contribution in [0.3, 0.4) is 0 Å². The van der Waals surface area contributed by atoms with Gasteiger partial charge < -0.3 is 19.9 Å². The molecule has 0 spiro atoms. The molecule has 6 nitrogen and oxygen atoms in total. The number of nitrogen functional groups attached to an aromatic ring is 1. The molecule has 0 saturated carbocycles.